The highest BCUT2D eigenvalue weighted by Crippen LogP contribution is 2.31. The lowest BCUT2D eigenvalue weighted by molar-refractivity contribution is -0.113. The zero-order valence-corrected chi connectivity index (χ0v) is 20.8. The van der Waals surface area contributed by atoms with E-state index in [4.69, 9.17) is 39.8 Å². The molecule has 0 aliphatic rings. The van der Waals surface area contributed by atoms with Crippen molar-refractivity contribution < 1.29 is 4.79 Å². The molecule has 164 valence electrons. The molecule has 0 bridgehead atoms. The minimum absolute atomic E-state index is 0.0507. The fraction of sp³-hybridized carbons (Fsp3) is 0.136. The first-order valence-corrected chi connectivity index (χ1v) is 12.3. The van der Waals surface area contributed by atoms with Crippen LogP contribution in [0.5, 0.6) is 0 Å². The van der Waals surface area contributed by atoms with E-state index in [1.54, 1.807) is 42.5 Å². The fourth-order valence-corrected chi connectivity index (χ4v) is 5.48. The van der Waals surface area contributed by atoms with Crippen LogP contribution in [0.1, 0.15) is 10.4 Å². The van der Waals surface area contributed by atoms with Crippen molar-refractivity contribution in [3.05, 3.63) is 78.3 Å². The summed E-state index contributed by atoms with van der Waals surface area (Å²) in [6.45, 7) is 3.86. The number of thioether (sulfide) groups is 1. The molecule has 0 aliphatic heterocycles. The summed E-state index contributed by atoms with van der Waals surface area (Å²) < 4.78 is 1.47. The topological polar surface area (TPSA) is 64.0 Å². The predicted molar refractivity (Wildman–Crippen MR) is 136 cm³/mol. The number of thiophene rings is 1. The molecule has 4 rings (SSSR count). The van der Waals surface area contributed by atoms with Crippen LogP contribution in [0.15, 0.2) is 52.4 Å². The molecule has 0 saturated heterocycles. The van der Waals surface area contributed by atoms with Gasteiger partial charge in [-0.2, -0.15) is 0 Å². The maximum atomic E-state index is 13.5. The highest BCUT2D eigenvalue weighted by Gasteiger charge is 2.19. The summed E-state index contributed by atoms with van der Waals surface area (Å²) in [5.41, 5.74) is 1.80. The Morgan fingerprint density at radius 1 is 1.12 bits per heavy atom. The van der Waals surface area contributed by atoms with E-state index < -0.39 is 0 Å². The average Bonchev–Trinajstić information content (AvgIpc) is 3.02. The Bertz CT molecular complexity index is 1420. The zero-order chi connectivity index (χ0) is 23.0. The van der Waals surface area contributed by atoms with Crippen molar-refractivity contribution >= 4 is 79.7 Å². The molecule has 0 saturated carbocycles. The predicted octanol–water partition coefficient (Wildman–Crippen LogP) is 6.76. The van der Waals surface area contributed by atoms with E-state index >= 15 is 0 Å². The van der Waals surface area contributed by atoms with E-state index in [-0.39, 0.29) is 17.2 Å². The molecule has 0 atom stereocenters. The molecule has 0 fully saturated rings. The molecule has 10 heteroatoms. The number of hydrogen-bond acceptors (Lipinski definition) is 5. The molecule has 0 unspecified atom stereocenters. The van der Waals surface area contributed by atoms with Gasteiger partial charge in [0.2, 0.25) is 5.91 Å². The Labute approximate surface area is 207 Å². The Morgan fingerprint density at radius 3 is 2.62 bits per heavy atom. The van der Waals surface area contributed by atoms with Crippen molar-refractivity contribution in [2.24, 2.45) is 0 Å². The van der Waals surface area contributed by atoms with E-state index in [9.17, 15) is 9.59 Å². The summed E-state index contributed by atoms with van der Waals surface area (Å²) in [6, 6.07) is 11.8. The van der Waals surface area contributed by atoms with Crippen molar-refractivity contribution in [3.63, 3.8) is 0 Å². The summed E-state index contributed by atoms with van der Waals surface area (Å²) in [5, 5.41) is 4.99. The number of amides is 1. The molecule has 0 aliphatic carbocycles. The van der Waals surface area contributed by atoms with Crippen molar-refractivity contribution in [1.82, 2.24) is 9.55 Å². The first kappa shape index (κ1) is 23.1. The van der Waals surface area contributed by atoms with E-state index in [1.165, 1.54) is 27.7 Å². The molecular formula is C22H16Cl3N3O2S2. The lowest BCUT2D eigenvalue weighted by atomic mass is 10.2. The molecule has 2 aromatic heterocycles. The van der Waals surface area contributed by atoms with E-state index in [0.717, 1.165) is 10.4 Å². The molecule has 0 spiro atoms. The molecule has 1 amide bonds. The third-order valence-corrected chi connectivity index (χ3v) is 7.79. The smallest absolute Gasteiger partial charge is 0.267 e. The van der Waals surface area contributed by atoms with Gasteiger partial charge >= 0.3 is 0 Å². The third-order valence-electron chi connectivity index (χ3n) is 4.77. The number of aromatic nitrogens is 2. The molecule has 2 heterocycles. The van der Waals surface area contributed by atoms with Gasteiger partial charge in [0.15, 0.2) is 5.16 Å². The van der Waals surface area contributed by atoms with E-state index in [0.29, 0.717) is 41.8 Å². The number of aryl methyl sites for hydroxylation is 2. The van der Waals surface area contributed by atoms with Gasteiger partial charge in [-0.3, -0.25) is 14.2 Å². The van der Waals surface area contributed by atoms with Crippen LogP contribution in [-0.2, 0) is 4.79 Å². The minimum Gasteiger partial charge on any atom is -0.325 e. The van der Waals surface area contributed by atoms with Gasteiger partial charge in [-0.05, 0) is 55.8 Å². The third kappa shape index (κ3) is 4.67. The first-order chi connectivity index (χ1) is 15.2. The second-order valence-corrected chi connectivity index (χ2v) is 10.3. The standard InChI is InChI=1S/C22H16Cl3N3O2S2/c1-11-12(2)32-20-19(11)21(30)28(15-6-7-16(24)17(25)9-15)22(27-20)31-10-18(29)26-14-5-3-4-13(23)8-14/h3-9H,10H2,1-2H3,(H,26,29). The van der Waals surface area contributed by atoms with Gasteiger partial charge in [-0.25, -0.2) is 4.98 Å². The first-order valence-electron chi connectivity index (χ1n) is 9.41. The van der Waals surface area contributed by atoms with Gasteiger partial charge in [0.25, 0.3) is 5.56 Å². The van der Waals surface area contributed by atoms with Crippen molar-refractivity contribution in [2.75, 3.05) is 11.1 Å². The van der Waals surface area contributed by atoms with Gasteiger partial charge in [-0.15, -0.1) is 11.3 Å². The second kappa shape index (κ2) is 9.45. The number of benzene rings is 2. The number of anilines is 1. The molecular weight excluding hydrogens is 509 g/mol. The molecule has 2 aromatic carbocycles. The van der Waals surface area contributed by atoms with Gasteiger partial charge in [-0.1, -0.05) is 52.6 Å². The fourth-order valence-electron chi connectivity index (χ4n) is 3.12. The summed E-state index contributed by atoms with van der Waals surface area (Å²) in [4.78, 5) is 32.4. The number of nitrogens with one attached hydrogen (secondary N) is 1. The summed E-state index contributed by atoms with van der Waals surface area (Å²) in [6.07, 6.45) is 0. The van der Waals surface area contributed by atoms with Crippen LogP contribution < -0.4 is 10.9 Å². The maximum absolute atomic E-state index is 13.5. The number of halogens is 3. The molecule has 5 nitrogen and oxygen atoms in total. The zero-order valence-electron chi connectivity index (χ0n) is 16.9. The van der Waals surface area contributed by atoms with Crippen molar-refractivity contribution in [2.45, 2.75) is 19.0 Å². The Balaban J connectivity index is 1.73. The number of hydrogen-bond donors (Lipinski definition) is 1. The van der Waals surface area contributed by atoms with Crippen LogP contribution in [0.2, 0.25) is 15.1 Å². The summed E-state index contributed by atoms with van der Waals surface area (Å²) >= 11 is 20.9. The summed E-state index contributed by atoms with van der Waals surface area (Å²) in [5.74, 6) is -0.194. The van der Waals surface area contributed by atoms with Gasteiger partial charge < -0.3 is 5.32 Å². The maximum Gasteiger partial charge on any atom is 0.267 e. The number of carbonyl (C=O) groups is 1. The largest absolute Gasteiger partial charge is 0.325 e. The molecule has 0 radical (unpaired) electrons. The van der Waals surface area contributed by atoms with Crippen molar-refractivity contribution in [3.8, 4) is 5.69 Å². The normalized spacial score (nSPS) is 11.2. The van der Waals surface area contributed by atoms with E-state index in [2.05, 4.69) is 5.32 Å². The van der Waals surface area contributed by atoms with Crippen LogP contribution in [0, 0.1) is 13.8 Å². The summed E-state index contributed by atoms with van der Waals surface area (Å²) in [7, 11) is 0. The van der Waals surface area contributed by atoms with E-state index in [1.807, 2.05) is 13.8 Å². The number of rotatable bonds is 5. The highest BCUT2D eigenvalue weighted by molar-refractivity contribution is 7.99. The lowest BCUT2D eigenvalue weighted by Crippen LogP contribution is -2.23. The quantitative estimate of drug-likeness (QED) is 0.231. The van der Waals surface area contributed by atoms with Crippen LogP contribution in [0.25, 0.3) is 15.9 Å². The average molecular weight is 525 g/mol. The molecule has 32 heavy (non-hydrogen) atoms. The van der Waals surface area contributed by atoms with Crippen LogP contribution in [-0.4, -0.2) is 21.2 Å². The van der Waals surface area contributed by atoms with Gasteiger partial charge in [0.1, 0.15) is 4.83 Å². The second-order valence-electron chi connectivity index (χ2n) is 6.94. The monoisotopic (exact) mass is 523 g/mol. The Hall–Kier alpha value is -2.03. The molecule has 4 aromatic rings. The van der Waals surface area contributed by atoms with Crippen LogP contribution in [0.4, 0.5) is 5.69 Å². The number of carbonyl (C=O) groups excluding carboxylic acids is 1. The number of fused-ring (bicyclic) bond motifs is 1. The lowest BCUT2D eigenvalue weighted by Gasteiger charge is -2.13. The van der Waals surface area contributed by atoms with Crippen molar-refractivity contribution in [1.29, 1.82) is 0 Å². The minimum atomic E-state index is -0.245. The van der Waals surface area contributed by atoms with Gasteiger partial charge in [0, 0.05) is 15.6 Å². The van der Waals surface area contributed by atoms with Gasteiger partial charge in [0.05, 0.1) is 26.9 Å². The number of nitrogens with zero attached hydrogens (tertiary/aromatic N) is 2. The Kier molecular flexibility index (Phi) is 6.83. The molecule has 1 N–H and O–H groups in total. The van der Waals surface area contributed by atoms with Crippen LogP contribution in [0.3, 0.4) is 0 Å². The SMILES string of the molecule is Cc1sc2nc(SCC(=O)Nc3cccc(Cl)c3)n(-c3ccc(Cl)c(Cl)c3)c(=O)c2c1C. The van der Waals surface area contributed by atoms with Crippen LogP contribution >= 0.6 is 57.9 Å². The Morgan fingerprint density at radius 2 is 1.91 bits per heavy atom. The highest BCUT2D eigenvalue weighted by atomic mass is 35.5.